The van der Waals surface area contributed by atoms with Crippen molar-refractivity contribution in [1.82, 2.24) is 15.0 Å². The van der Waals surface area contributed by atoms with Crippen molar-refractivity contribution in [2.45, 2.75) is 58.7 Å². The number of ether oxygens (including phenoxy) is 2. The van der Waals surface area contributed by atoms with E-state index in [1.165, 1.54) is 4.80 Å². The second kappa shape index (κ2) is 10.4. The van der Waals surface area contributed by atoms with E-state index in [4.69, 9.17) is 9.47 Å². The number of hydrogen-bond acceptors (Lipinski definition) is 7. The van der Waals surface area contributed by atoms with Crippen LogP contribution in [-0.2, 0) is 19.7 Å². The quantitative estimate of drug-likeness (QED) is 0.273. The molecule has 0 aliphatic heterocycles. The van der Waals surface area contributed by atoms with Gasteiger partial charge in [-0.25, -0.2) is 4.79 Å². The Hall–Kier alpha value is -3.23. The molecule has 2 aromatic carbocycles. The maximum atomic E-state index is 12.4. The van der Waals surface area contributed by atoms with Gasteiger partial charge in [0.25, 0.3) is 0 Å². The van der Waals surface area contributed by atoms with Gasteiger partial charge < -0.3 is 19.7 Å². The minimum atomic E-state index is -0.663. The monoisotopic (exact) mass is 467 g/mol. The molecule has 0 amide bonds. The van der Waals surface area contributed by atoms with Crippen LogP contribution in [0.1, 0.15) is 58.3 Å². The maximum absolute atomic E-state index is 12.4. The van der Waals surface area contributed by atoms with Crippen molar-refractivity contribution in [2.24, 2.45) is 0 Å². The summed E-state index contributed by atoms with van der Waals surface area (Å²) in [5, 5.41) is 29.7. The van der Waals surface area contributed by atoms with Crippen LogP contribution in [0.15, 0.2) is 48.6 Å². The number of carbonyl (C=O) groups excluding carboxylic acids is 1. The molecule has 1 aromatic heterocycles. The molecule has 34 heavy (non-hydrogen) atoms. The Morgan fingerprint density at radius 1 is 1.18 bits per heavy atom. The lowest BCUT2D eigenvalue weighted by Gasteiger charge is -2.26. The van der Waals surface area contributed by atoms with Gasteiger partial charge >= 0.3 is 5.97 Å². The SMILES string of the molecule is C=C(C)C(=O)OC(CCOCC(C)O)c1cc(-n2nc3ccccc3n2)c(O)c(C(C)(C)C)c1. The first kappa shape index (κ1) is 25.4. The lowest BCUT2D eigenvalue weighted by Crippen LogP contribution is -2.19. The van der Waals surface area contributed by atoms with Crippen LogP contribution in [0, 0.1) is 0 Å². The zero-order valence-corrected chi connectivity index (χ0v) is 20.4. The van der Waals surface area contributed by atoms with Gasteiger partial charge in [0.1, 0.15) is 28.6 Å². The van der Waals surface area contributed by atoms with Crippen molar-refractivity contribution in [3.05, 3.63) is 59.7 Å². The van der Waals surface area contributed by atoms with Gasteiger partial charge in [0.2, 0.25) is 0 Å². The topological polar surface area (TPSA) is 107 Å². The lowest BCUT2D eigenvalue weighted by molar-refractivity contribution is -0.145. The molecule has 1 heterocycles. The summed E-state index contributed by atoms with van der Waals surface area (Å²) in [5.74, 6) is -0.456. The number of phenolic OH excluding ortho intramolecular Hbond substituents is 1. The zero-order chi connectivity index (χ0) is 25.0. The number of aromatic hydroxyl groups is 1. The second-order valence-electron chi connectivity index (χ2n) is 9.55. The van der Waals surface area contributed by atoms with Gasteiger partial charge in [0.05, 0.1) is 19.3 Å². The third-order valence-corrected chi connectivity index (χ3v) is 5.28. The van der Waals surface area contributed by atoms with Crippen molar-refractivity contribution >= 4 is 17.0 Å². The molecule has 0 fully saturated rings. The summed E-state index contributed by atoms with van der Waals surface area (Å²) in [6.45, 7) is 13.3. The molecule has 2 N–H and O–H groups in total. The van der Waals surface area contributed by atoms with Crippen molar-refractivity contribution < 1.29 is 24.5 Å². The fourth-order valence-corrected chi connectivity index (χ4v) is 3.49. The Labute approximate surface area is 199 Å². The van der Waals surface area contributed by atoms with Crippen LogP contribution in [0.5, 0.6) is 5.75 Å². The maximum Gasteiger partial charge on any atom is 0.333 e. The lowest BCUT2D eigenvalue weighted by atomic mass is 9.84. The van der Waals surface area contributed by atoms with Gasteiger partial charge in [-0.1, -0.05) is 39.5 Å². The average Bonchev–Trinajstić information content (AvgIpc) is 3.19. The number of hydrogen-bond donors (Lipinski definition) is 2. The van der Waals surface area contributed by atoms with Gasteiger partial charge in [-0.15, -0.1) is 15.0 Å². The predicted molar refractivity (Wildman–Crippen MR) is 130 cm³/mol. The molecule has 0 saturated carbocycles. The first-order valence-corrected chi connectivity index (χ1v) is 11.3. The highest BCUT2D eigenvalue weighted by Crippen LogP contribution is 2.39. The number of fused-ring (bicyclic) bond motifs is 1. The number of rotatable bonds is 9. The largest absolute Gasteiger partial charge is 0.505 e. The highest BCUT2D eigenvalue weighted by atomic mass is 16.5. The molecule has 3 aromatic rings. The Balaban J connectivity index is 2.09. The number of esters is 1. The normalized spacial score (nSPS) is 13.6. The smallest absolute Gasteiger partial charge is 0.333 e. The fraction of sp³-hybridized carbons (Fsp3) is 0.423. The Morgan fingerprint density at radius 3 is 2.32 bits per heavy atom. The number of aliphatic hydroxyl groups is 1. The average molecular weight is 468 g/mol. The summed E-state index contributed by atoms with van der Waals surface area (Å²) in [6, 6.07) is 11.0. The first-order chi connectivity index (χ1) is 16.0. The van der Waals surface area contributed by atoms with Crippen LogP contribution in [-0.4, -0.2) is 50.5 Å². The van der Waals surface area contributed by atoms with Crippen molar-refractivity contribution in [3.63, 3.8) is 0 Å². The molecule has 182 valence electrons. The van der Waals surface area contributed by atoms with Crippen LogP contribution in [0.2, 0.25) is 0 Å². The summed E-state index contributed by atoms with van der Waals surface area (Å²) in [5.41, 5.74) is 3.00. The summed E-state index contributed by atoms with van der Waals surface area (Å²) < 4.78 is 11.3. The molecule has 8 heteroatoms. The molecular weight excluding hydrogens is 434 g/mol. The highest BCUT2D eigenvalue weighted by Gasteiger charge is 2.27. The van der Waals surface area contributed by atoms with Crippen LogP contribution in [0.4, 0.5) is 0 Å². The van der Waals surface area contributed by atoms with Gasteiger partial charge in [-0.05, 0) is 49.1 Å². The van der Waals surface area contributed by atoms with Crippen molar-refractivity contribution in [3.8, 4) is 11.4 Å². The minimum absolute atomic E-state index is 0.0619. The summed E-state index contributed by atoms with van der Waals surface area (Å²) in [6.07, 6.45) is -0.901. The molecule has 0 spiro atoms. The second-order valence-corrected chi connectivity index (χ2v) is 9.55. The molecule has 3 rings (SSSR count). The van der Waals surface area contributed by atoms with Crippen LogP contribution in [0.25, 0.3) is 16.7 Å². The van der Waals surface area contributed by atoms with E-state index >= 15 is 0 Å². The standard InChI is InChI=1S/C26H33N3O5/c1-16(2)25(32)34-23(11-12-33-15-17(3)30)18-13-19(26(4,5)6)24(31)22(14-18)29-27-20-9-7-8-10-21(20)28-29/h7-10,13-14,17,23,30-31H,1,11-12,15H2,2-6H3. The molecule has 0 radical (unpaired) electrons. The fourth-order valence-electron chi connectivity index (χ4n) is 3.49. The highest BCUT2D eigenvalue weighted by molar-refractivity contribution is 5.87. The van der Waals surface area contributed by atoms with E-state index in [-0.39, 0.29) is 24.5 Å². The minimum Gasteiger partial charge on any atom is -0.505 e. The molecule has 0 aliphatic rings. The third kappa shape index (κ3) is 6.01. The van der Waals surface area contributed by atoms with Gasteiger partial charge in [-0.2, -0.15) is 0 Å². The molecule has 0 saturated heterocycles. The number of phenols is 1. The number of benzene rings is 2. The molecule has 8 nitrogen and oxygen atoms in total. The predicted octanol–water partition coefficient (Wildman–Crippen LogP) is 4.37. The first-order valence-electron chi connectivity index (χ1n) is 11.3. The summed E-state index contributed by atoms with van der Waals surface area (Å²) in [7, 11) is 0. The Bertz CT molecular complexity index is 1140. The Morgan fingerprint density at radius 2 is 1.79 bits per heavy atom. The van der Waals surface area contributed by atoms with E-state index in [1.54, 1.807) is 19.9 Å². The van der Waals surface area contributed by atoms with Crippen molar-refractivity contribution in [1.29, 1.82) is 0 Å². The van der Waals surface area contributed by atoms with E-state index in [2.05, 4.69) is 16.8 Å². The van der Waals surface area contributed by atoms with Gasteiger partial charge in [0, 0.05) is 17.6 Å². The van der Waals surface area contributed by atoms with E-state index in [0.717, 1.165) is 0 Å². The number of carbonyl (C=O) groups is 1. The van der Waals surface area contributed by atoms with Crippen LogP contribution < -0.4 is 0 Å². The van der Waals surface area contributed by atoms with Crippen LogP contribution >= 0.6 is 0 Å². The van der Waals surface area contributed by atoms with E-state index in [0.29, 0.717) is 34.3 Å². The number of aromatic nitrogens is 3. The summed E-state index contributed by atoms with van der Waals surface area (Å²) in [4.78, 5) is 13.8. The number of aliphatic hydroxyl groups excluding tert-OH is 1. The zero-order valence-electron chi connectivity index (χ0n) is 20.4. The van der Waals surface area contributed by atoms with E-state index in [1.807, 2.05) is 51.1 Å². The van der Waals surface area contributed by atoms with E-state index in [9.17, 15) is 15.0 Å². The molecule has 0 aliphatic carbocycles. The van der Waals surface area contributed by atoms with E-state index < -0.39 is 23.6 Å². The molecule has 2 atom stereocenters. The molecule has 2 unspecified atom stereocenters. The van der Waals surface area contributed by atoms with Gasteiger partial charge in [0.15, 0.2) is 0 Å². The Kier molecular flexibility index (Phi) is 7.74. The van der Waals surface area contributed by atoms with Crippen LogP contribution in [0.3, 0.4) is 0 Å². The van der Waals surface area contributed by atoms with Crippen molar-refractivity contribution in [2.75, 3.05) is 13.2 Å². The number of nitrogens with zero attached hydrogens (tertiary/aromatic N) is 3. The van der Waals surface area contributed by atoms with Gasteiger partial charge in [-0.3, -0.25) is 0 Å². The third-order valence-electron chi connectivity index (χ3n) is 5.28. The summed E-state index contributed by atoms with van der Waals surface area (Å²) >= 11 is 0. The molecular formula is C26H33N3O5. The molecule has 0 bridgehead atoms.